The van der Waals surface area contributed by atoms with Gasteiger partial charge in [0.25, 0.3) is 0 Å². The van der Waals surface area contributed by atoms with E-state index in [0.29, 0.717) is 11.0 Å². The first-order valence-electron chi connectivity index (χ1n) is 7.22. The summed E-state index contributed by atoms with van der Waals surface area (Å²) >= 11 is 0. The molecular formula is C15H16N4O4S. The van der Waals surface area contributed by atoms with E-state index < -0.39 is 15.7 Å². The Kier molecular flexibility index (Phi) is 4.47. The van der Waals surface area contributed by atoms with Gasteiger partial charge in [-0.25, -0.2) is 13.2 Å². The molecule has 3 aromatic rings. The highest BCUT2D eigenvalue weighted by molar-refractivity contribution is 7.89. The van der Waals surface area contributed by atoms with Gasteiger partial charge in [-0.3, -0.25) is 4.98 Å². The Balaban J connectivity index is 1.98. The highest BCUT2D eigenvalue weighted by atomic mass is 32.2. The van der Waals surface area contributed by atoms with Gasteiger partial charge in [-0.15, -0.1) is 0 Å². The molecule has 0 saturated heterocycles. The van der Waals surface area contributed by atoms with E-state index in [1.165, 1.54) is 22.5 Å². The maximum Gasteiger partial charge on any atom is 0.323 e. The maximum atomic E-state index is 12.9. The molecule has 0 spiro atoms. The molecular weight excluding hydrogens is 332 g/mol. The van der Waals surface area contributed by atoms with E-state index in [0.717, 1.165) is 5.56 Å². The summed E-state index contributed by atoms with van der Waals surface area (Å²) in [6.45, 7) is -0.215. The van der Waals surface area contributed by atoms with Crippen LogP contribution in [0.2, 0.25) is 0 Å². The summed E-state index contributed by atoms with van der Waals surface area (Å²) in [4.78, 5) is 20.4. The molecule has 2 aromatic heterocycles. The molecule has 0 aliphatic rings. The SMILES string of the molecule is O=c1[nH]c2ccc(S(=O)(=O)N(CCO)Cc3ccncc3)cc2[nH]1. The maximum absolute atomic E-state index is 12.9. The predicted octanol–water partition coefficient (Wildman–Crippen LogP) is 0.434. The largest absolute Gasteiger partial charge is 0.395 e. The molecule has 0 bridgehead atoms. The van der Waals surface area contributed by atoms with Crippen LogP contribution in [0.5, 0.6) is 0 Å². The molecule has 126 valence electrons. The van der Waals surface area contributed by atoms with Crippen LogP contribution in [0.4, 0.5) is 0 Å². The molecule has 0 saturated carbocycles. The van der Waals surface area contributed by atoms with Gasteiger partial charge in [-0.1, -0.05) is 0 Å². The second-order valence-corrected chi connectivity index (χ2v) is 7.14. The molecule has 0 aliphatic heterocycles. The van der Waals surface area contributed by atoms with E-state index in [1.54, 1.807) is 24.5 Å². The number of aliphatic hydroxyl groups is 1. The first kappa shape index (κ1) is 16.4. The van der Waals surface area contributed by atoms with Crippen LogP contribution >= 0.6 is 0 Å². The zero-order chi connectivity index (χ0) is 17.2. The molecule has 0 fully saturated rings. The summed E-state index contributed by atoms with van der Waals surface area (Å²) in [5, 5.41) is 9.23. The van der Waals surface area contributed by atoms with E-state index in [4.69, 9.17) is 0 Å². The molecule has 0 unspecified atom stereocenters. The first-order valence-corrected chi connectivity index (χ1v) is 8.66. The Morgan fingerprint density at radius 2 is 1.79 bits per heavy atom. The molecule has 0 aliphatic carbocycles. The van der Waals surface area contributed by atoms with E-state index >= 15 is 0 Å². The Morgan fingerprint density at radius 1 is 1.08 bits per heavy atom. The fourth-order valence-electron chi connectivity index (χ4n) is 2.41. The smallest absolute Gasteiger partial charge is 0.323 e. The third-order valence-corrected chi connectivity index (χ3v) is 5.42. The van der Waals surface area contributed by atoms with E-state index in [1.807, 2.05) is 0 Å². The summed E-state index contributed by atoms with van der Waals surface area (Å²) in [5.41, 5.74) is 1.30. The van der Waals surface area contributed by atoms with Crippen molar-refractivity contribution in [2.75, 3.05) is 13.2 Å². The highest BCUT2D eigenvalue weighted by Gasteiger charge is 2.24. The quantitative estimate of drug-likeness (QED) is 0.597. The number of rotatable bonds is 6. The zero-order valence-electron chi connectivity index (χ0n) is 12.6. The van der Waals surface area contributed by atoms with Crippen LogP contribution in [0.3, 0.4) is 0 Å². The number of fused-ring (bicyclic) bond motifs is 1. The van der Waals surface area contributed by atoms with Gasteiger partial charge in [0.1, 0.15) is 0 Å². The number of hydrogen-bond acceptors (Lipinski definition) is 5. The van der Waals surface area contributed by atoms with Crippen LogP contribution in [0.25, 0.3) is 11.0 Å². The molecule has 9 heteroatoms. The predicted molar refractivity (Wildman–Crippen MR) is 87.8 cm³/mol. The number of H-pyrrole nitrogens is 2. The van der Waals surface area contributed by atoms with Gasteiger partial charge in [0.05, 0.1) is 22.5 Å². The third-order valence-electron chi connectivity index (χ3n) is 3.58. The summed E-state index contributed by atoms with van der Waals surface area (Å²) in [6.07, 6.45) is 3.16. The number of aromatic amines is 2. The number of aliphatic hydroxyl groups excluding tert-OH is 1. The minimum Gasteiger partial charge on any atom is -0.395 e. The van der Waals surface area contributed by atoms with Crippen molar-refractivity contribution in [3.8, 4) is 0 Å². The molecule has 8 nitrogen and oxygen atoms in total. The summed E-state index contributed by atoms with van der Waals surface area (Å²) in [6, 6.07) is 7.79. The molecule has 0 radical (unpaired) electrons. The number of nitrogens with one attached hydrogen (secondary N) is 2. The van der Waals surface area contributed by atoms with Crippen molar-refractivity contribution in [2.45, 2.75) is 11.4 Å². The van der Waals surface area contributed by atoms with Crippen LogP contribution in [0.15, 0.2) is 52.4 Å². The van der Waals surface area contributed by atoms with Gasteiger partial charge in [0, 0.05) is 25.5 Å². The summed E-state index contributed by atoms with van der Waals surface area (Å²) in [5.74, 6) is 0. The molecule has 1 aromatic carbocycles. The van der Waals surface area contributed by atoms with Crippen LogP contribution in [-0.4, -0.2) is 45.9 Å². The number of imidazole rings is 1. The average molecular weight is 348 g/mol. The highest BCUT2D eigenvalue weighted by Crippen LogP contribution is 2.21. The van der Waals surface area contributed by atoms with Crippen molar-refractivity contribution in [3.05, 3.63) is 58.8 Å². The fourth-order valence-corrected chi connectivity index (χ4v) is 3.85. The van der Waals surface area contributed by atoms with Gasteiger partial charge in [-0.2, -0.15) is 4.31 Å². The van der Waals surface area contributed by atoms with E-state index in [9.17, 15) is 18.3 Å². The fraction of sp³-hybridized carbons (Fsp3) is 0.200. The Hall–Kier alpha value is -2.49. The van der Waals surface area contributed by atoms with E-state index in [-0.39, 0.29) is 24.6 Å². The van der Waals surface area contributed by atoms with Crippen molar-refractivity contribution >= 4 is 21.1 Å². The molecule has 0 atom stereocenters. The molecule has 3 rings (SSSR count). The van der Waals surface area contributed by atoms with Crippen molar-refractivity contribution in [2.24, 2.45) is 0 Å². The number of nitrogens with zero attached hydrogens (tertiary/aromatic N) is 2. The minimum atomic E-state index is -3.83. The first-order chi connectivity index (χ1) is 11.5. The molecule has 3 N–H and O–H groups in total. The summed E-state index contributed by atoms with van der Waals surface area (Å²) < 4.78 is 26.9. The van der Waals surface area contributed by atoms with Crippen molar-refractivity contribution in [1.29, 1.82) is 0 Å². The van der Waals surface area contributed by atoms with E-state index in [2.05, 4.69) is 15.0 Å². The van der Waals surface area contributed by atoms with Gasteiger partial charge in [0.2, 0.25) is 10.0 Å². The van der Waals surface area contributed by atoms with Gasteiger partial charge in [0.15, 0.2) is 0 Å². The van der Waals surface area contributed by atoms with Crippen LogP contribution in [0, 0.1) is 0 Å². The zero-order valence-corrected chi connectivity index (χ0v) is 13.5. The monoisotopic (exact) mass is 348 g/mol. The Morgan fingerprint density at radius 3 is 2.50 bits per heavy atom. The Bertz CT molecular complexity index is 995. The van der Waals surface area contributed by atoms with Crippen LogP contribution in [0.1, 0.15) is 5.56 Å². The van der Waals surface area contributed by atoms with Crippen molar-refractivity contribution in [1.82, 2.24) is 19.3 Å². The van der Waals surface area contributed by atoms with Crippen molar-refractivity contribution in [3.63, 3.8) is 0 Å². The normalized spacial score (nSPS) is 12.1. The van der Waals surface area contributed by atoms with Gasteiger partial charge >= 0.3 is 5.69 Å². The lowest BCUT2D eigenvalue weighted by atomic mass is 10.3. The Labute approximate surface area is 137 Å². The van der Waals surface area contributed by atoms with Crippen molar-refractivity contribution < 1.29 is 13.5 Å². The number of aromatic nitrogens is 3. The topological polar surface area (TPSA) is 119 Å². The lowest BCUT2D eigenvalue weighted by molar-refractivity contribution is 0.251. The molecule has 0 amide bonds. The minimum absolute atomic E-state index is 0.0354. The number of benzene rings is 1. The number of sulfonamides is 1. The average Bonchev–Trinajstić information content (AvgIpc) is 2.94. The molecule has 24 heavy (non-hydrogen) atoms. The summed E-state index contributed by atoms with van der Waals surface area (Å²) in [7, 11) is -3.83. The van der Waals surface area contributed by atoms with Crippen LogP contribution < -0.4 is 5.69 Å². The second kappa shape index (κ2) is 6.56. The molecule has 2 heterocycles. The van der Waals surface area contributed by atoms with Gasteiger partial charge < -0.3 is 15.1 Å². The lowest BCUT2D eigenvalue weighted by Crippen LogP contribution is -2.33. The number of hydrogen-bond donors (Lipinski definition) is 3. The van der Waals surface area contributed by atoms with Gasteiger partial charge in [-0.05, 0) is 35.9 Å². The van der Waals surface area contributed by atoms with Crippen LogP contribution in [-0.2, 0) is 16.6 Å². The standard InChI is InChI=1S/C15H16N4O4S/c20-8-7-19(10-11-3-5-16-6-4-11)24(22,23)12-1-2-13-14(9-12)18-15(21)17-13/h1-6,9,20H,7-8,10H2,(H2,17,18,21). The number of pyridine rings is 1. The third kappa shape index (κ3) is 3.23. The lowest BCUT2D eigenvalue weighted by Gasteiger charge is -2.21. The second-order valence-electron chi connectivity index (χ2n) is 5.20.